The molecule has 0 aliphatic rings. The van der Waals surface area contributed by atoms with Gasteiger partial charge in [0, 0.05) is 76.0 Å². The minimum absolute atomic E-state index is 1.18. The number of benzene rings is 9. The summed E-state index contributed by atoms with van der Waals surface area (Å²) in [5, 5.41) is 15.6. The van der Waals surface area contributed by atoms with Crippen LogP contribution in [0.5, 0.6) is 0 Å². The predicted octanol–water partition coefficient (Wildman–Crippen LogP) is 14.8. The van der Waals surface area contributed by atoms with Crippen LogP contribution >= 0.6 is 0 Å². The minimum Gasteiger partial charge on any atom is -0.309 e. The van der Waals surface area contributed by atoms with Gasteiger partial charge in [0.15, 0.2) is 0 Å². The van der Waals surface area contributed by atoms with Crippen LogP contribution in [-0.4, -0.2) is 17.9 Å². The maximum Gasteiger partial charge on any atom is 0.0620 e. The molecule has 278 valence electrons. The Morgan fingerprint density at radius 2 is 0.617 bits per heavy atom. The molecule has 0 atom stereocenters. The topological polar surface area (TPSA) is 18.7 Å². The molecule has 0 saturated carbocycles. The zero-order chi connectivity index (χ0) is 39.1. The summed E-state index contributed by atoms with van der Waals surface area (Å²) in [4.78, 5) is 0. The van der Waals surface area contributed by atoms with Crippen molar-refractivity contribution in [2.45, 2.75) is 13.8 Å². The van der Waals surface area contributed by atoms with E-state index in [1.807, 2.05) is 0 Å². The first-order valence-corrected chi connectivity index (χ1v) is 21.0. The Balaban J connectivity index is 1.11. The first-order chi connectivity index (χ1) is 29.7. The summed E-state index contributed by atoms with van der Waals surface area (Å²) in [7, 11) is 0. The van der Waals surface area contributed by atoms with Gasteiger partial charge in [-0.3, -0.25) is 0 Å². The van der Waals surface area contributed by atoms with Crippen LogP contribution in [0, 0.1) is 13.8 Å². The van der Waals surface area contributed by atoms with Gasteiger partial charge in [0.2, 0.25) is 0 Å². The van der Waals surface area contributed by atoms with Crippen molar-refractivity contribution in [3.05, 3.63) is 181 Å². The zero-order valence-corrected chi connectivity index (χ0v) is 33.0. The Labute approximate surface area is 342 Å². The lowest BCUT2D eigenvalue weighted by Gasteiger charge is -2.11. The minimum atomic E-state index is 1.18. The van der Waals surface area contributed by atoms with Crippen LogP contribution in [0.25, 0.3) is 131 Å². The summed E-state index contributed by atoms with van der Waals surface area (Å²) in [5.41, 5.74) is 17.7. The van der Waals surface area contributed by atoms with E-state index in [2.05, 4.69) is 202 Å². The van der Waals surface area contributed by atoms with E-state index in [1.54, 1.807) is 0 Å². The fourth-order valence-corrected chi connectivity index (χ4v) is 11.8. The standard InChI is InChI=1S/C56H34N4/c1-31-51-39-23-13-21-37-44-30-48-42(36-20-10-12-26-46(36)58(48)34-17-7-4-8-18-34)28-50(44)60(55(37)39)54(51)32(2)52-40-24-14-22-38-43-29-47-41(27-49(43)59(53(31)52)56(38)40)35-19-9-11-25-45(35)57(47)33-15-5-3-6-16-33/h3-30H,1-2H3. The van der Waals surface area contributed by atoms with Crippen molar-refractivity contribution in [1.82, 2.24) is 17.9 Å². The summed E-state index contributed by atoms with van der Waals surface area (Å²) >= 11 is 0. The van der Waals surface area contributed by atoms with Gasteiger partial charge in [0.1, 0.15) is 0 Å². The lowest BCUT2D eigenvalue weighted by molar-refractivity contribution is 1.18. The van der Waals surface area contributed by atoms with E-state index in [1.165, 1.54) is 142 Å². The van der Waals surface area contributed by atoms with Crippen LogP contribution < -0.4 is 0 Å². The van der Waals surface area contributed by atoms with Crippen LogP contribution in [0.4, 0.5) is 0 Å². The summed E-state index contributed by atoms with van der Waals surface area (Å²) in [6, 6.07) is 63.1. The van der Waals surface area contributed by atoms with Gasteiger partial charge in [-0.05, 0) is 85.6 Å². The maximum atomic E-state index is 2.61. The van der Waals surface area contributed by atoms with E-state index in [0.717, 1.165) is 0 Å². The Bertz CT molecular complexity index is 4060. The smallest absolute Gasteiger partial charge is 0.0620 e. The SMILES string of the molecule is Cc1c2c3cccc4c5cc6c(cc5n(c2c(C)c2c5cccc7c8cc9c(cc8n(c12)c75)c1ccccc1n9-c1ccccc1)c43)c1ccccc1n6-c1ccccc1. The molecule has 0 amide bonds. The first kappa shape index (κ1) is 31.2. The monoisotopic (exact) mass is 762 g/mol. The molecule has 0 bridgehead atoms. The van der Waals surface area contributed by atoms with Gasteiger partial charge in [0.05, 0.1) is 55.2 Å². The van der Waals surface area contributed by atoms with E-state index in [0.29, 0.717) is 0 Å². The highest BCUT2D eigenvalue weighted by atomic mass is 15.0. The van der Waals surface area contributed by atoms with E-state index < -0.39 is 0 Å². The quantitative estimate of drug-likeness (QED) is 0.167. The molecule has 15 aromatic rings. The van der Waals surface area contributed by atoms with Gasteiger partial charge in [-0.2, -0.15) is 0 Å². The maximum absolute atomic E-state index is 2.61. The van der Waals surface area contributed by atoms with Gasteiger partial charge in [-0.15, -0.1) is 0 Å². The summed E-state index contributed by atoms with van der Waals surface area (Å²) in [5.74, 6) is 0. The van der Waals surface area contributed by atoms with Crippen molar-refractivity contribution in [1.29, 1.82) is 0 Å². The summed E-state index contributed by atoms with van der Waals surface area (Å²) < 4.78 is 10.1. The molecule has 4 heteroatoms. The average molecular weight is 763 g/mol. The van der Waals surface area contributed by atoms with Crippen LogP contribution in [-0.2, 0) is 0 Å². The highest BCUT2D eigenvalue weighted by Gasteiger charge is 2.28. The van der Waals surface area contributed by atoms with E-state index >= 15 is 0 Å². The molecule has 0 saturated heterocycles. The molecule has 0 radical (unpaired) electrons. The number of nitrogens with zero attached hydrogens (tertiary/aromatic N) is 4. The normalized spacial score (nSPS) is 12.8. The molecule has 0 unspecified atom stereocenters. The third-order valence-corrected chi connectivity index (χ3v) is 14.1. The molecule has 0 fully saturated rings. The third kappa shape index (κ3) is 3.50. The molecule has 6 heterocycles. The molecule has 0 aliphatic carbocycles. The zero-order valence-electron chi connectivity index (χ0n) is 33.0. The van der Waals surface area contributed by atoms with Crippen molar-refractivity contribution >= 4 is 120 Å². The predicted molar refractivity (Wildman–Crippen MR) is 254 cm³/mol. The van der Waals surface area contributed by atoms with E-state index in [4.69, 9.17) is 0 Å². The Hall–Kier alpha value is -7.82. The number of para-hydroxylation sites is 6. The fourth-order valence-electron chi connectivity index (χ4n) is 11.8. The highest BCUT2D eigenvalue weighted by Crippen LogP contribution is 2.50. The van der Waals surface area contributed by atoms with Gasteiger partial charge in [-0.1, -0.05) is 109 Å². The van der Waals surface area contributed by atoms with Crippen LogP contribution in [0.1, 0.15) is 11.1 Å². The van der Waals surface area contributed by atoms with Gasteiger partial charge in [-0.25, -0.2) is 0 Å². The Morgan fingerprint density at radius 3 is 1.07 bits per heavy atom. The number of aromatic nitrogens is 4. The lowest BCUT2D eigenvalue weighted by atomic mass is 9.96. The average Bonchev–Trinajstić information content (AvgIpc) is 4.13. The second kappa shape index (κ2) is 10.6. The molecule has 0 aliphatic heterocycles. The van der Waals surface area contributed by atoms with Crippen molar-refractivity contribution in [3.8, 4) is 11.4 Å². The molecular formula is C56H34N4. The van der Waals surface area contributed by atoms with Crippen molar-refractivity contribution in [2.75, 3.05) is 0 Å². The van der Waals surface area contributed by atoms with Crippen LogP contribution in [0.2, 0.25) is 0 Å². The van der Waals surface area contributed by atoms with Crippen molar-refractivity contribution < 1.29 is 0 Å². The van der Waals surface area contributed by atoms with E-state index in [9.17, 15) is 0 Å². The molecule has 6 aromatic heterocycles. The number of hydrogen-bond donors (Lipinski definition) is 0. The van der Waals surface area contributed by atoms with Gasteiger partial charge in [0.25, 0.3) is 0 Å². The number of hydrogen-bond acceptors (Lipinski definition) is 0. The van der Waals surface area contributed by atoms with Crippen LogP contribution in [0.15, 0.2) is 170 Å². The molecule has 15 rings (SSSR count). The second-order valence-electron chi connectivity index (χ2n) is 16.9. The molecule has 9 aromatic carbocycles. The third-order valence-electron chi connectivity index (χ3n) is 14.1. The van der Waals surface area contributed by atoms with Crippen molar-refractivity contribution in [3.63, 3.8) is 0 Å². The van der Waals surface area contributed by atoms with Gasteiger partial charge < -0.3 is 17.9 Å². The summed E-state index contributed by atoms with van der Waals surface area (Å²) in [6.45, 7) is 4.75. The van der Waals surface area contributed by atoms with Crippen molar-refractivity contribution in [2.24, 2.45) is 0 Å². The fraction of sp³-hybridized carbons (Fsp3) is 0.0357. The van der Waals surface area contributed by atoms with Crippen LogP contribution in [0.3, 0.4) is 0 Å². The highest BCUT2D eigenvalue weighted by molar-refractivity contribution is 6.33. The molecule has 0 spiro atoms. The number of aryl methyl sites for hydroxylation is 2. The first-order valence-electron chi connectivity index (χ1n) is 21.0. The number of fused-ring (bicyclic) bond motifs is 18. The Kier molecular flexibility index (Phi) is 5.52. The molecular weight excluding hydrogens is 729 g/mol. The molecule has 0 N–H and O–H groups in total. The summed E-state index contributed by atoms with van der Waals surface area (Å²) in [6.07, 6.45) is 0. The van der Waals surface area contributed by atoms with Gasteiger partial charge >= 0.3 is 0 Å². The van der Waals surface area contributed by atoms with E-state index in [-0.39, 0.29) is 0 Å². The largest absolute Gasteiger partial charge is 0.309 e. The lowest BCUT2D eigenvalue weighted by Crippen LogP contribution is -1.93. The Morgan fingerprint density at radius 1 is 0.267 bits per heavy atom. The molecule has 60 heavy (non-hydrogen) atoms. The molecule has 4 nitrogen and oxygen atoms in total. The number of rotatable bonds is 2. The second-order valence-corrected chi connectivity index (χ2v) is 16.9.